The number of aromatic carboxylic acids is 1. The molecule has 0 saturated carbocycles. The van der Waals surface area contributed by atoms with Crippen LogP contribution in [0, 0.1) is 0 Å². The number of amides is 1. The lowest BCUT2D eigenvalue weighted by molar-refractivity contribution is -0.128. The van der Waals surface area contributed by atoms with Gasteiger partial charge in [-0.05, 0) is 26.0 Å². The predicted octanol–water partition coefficient (Wildman–Crippen LogP) is 2.37. The number of hydrogen-bond donors (Lipinski definition) is 2. The molecule has 1 amide bonds. The summed E-state index contributed by atoms with van der Waals surface area (Å²) in [4.78, 5) is 27.0. The number of carboxylic acids is 1. The summed E-state index contributed by atoms with van der Waals surface area (Å²) in [5, 5.41) is 12.9. The summed E-state index contributed by atoms with van der Waals surface area (Å²) in [6.45, 7) is 3.34. The van der Waals surface area contributed by atoms with Crippen LogP contribution in [0.1, 0.15) is 24.3 Å². The Morgan fingerprint density at radius 2 is 2.08 bits per heavy atom. The number of thiazole rings is 1. The van der Waals surface area contributed by atoms with Gasteiger partial charge in [0.25, 0.3) is 5.91 Å². The van der Waals surface area contributed by atoms with E-state index in [9.17, 15) is 9.59 Å². The van der Waals surface area contributed by atoms with Crippen molar-refractivity contribution in [3.63, 3.8) is 0 Å². The summed E-state index contributed by atoms with van der Waals surface area (Å²) < 4.78 is 16.2. The van der Waals surface area contributed by atoms with Crippen LogP contribution in [-0.4, -0.2) is 34.4 Å². The Kier molecular flexibility index (Phi) is 4.02. The molecule has 1 aromatic carbocycles. The summed E-state index contributed by atoms with van der Waals surface area (Å²) in [6, 6.07) is 5.02. The smallest absolute Gasteiger partial charge is 0.355 e. The van der Waals surface area contributed by atoms with E-state index in [2.05, 4.69) is 10.3 Å². The molecule has 9 heteroatoms. The van der Waals surface area contributed by atoms with E-state index in [0.717, 1.165) is 11.3 Å². The summed E-state index contributed by atoms with van der Waals surface area (Å²) in [6.07, 6.45) is 0. The molecule has 126 valence electrons. The van der Waals surface area contributed by atoms with E-state index in [1.54, 1.807) is 32.0 Å². The first-order chi connectivity index (χ1) is 11.3. The number of aromatic nitrogens is 1. The van der Waals surface area contributed by atoms with Crippen LogP contribution < -0.4 is 19.5 Å². The average molecular weight is 350 g/mol. The van der Waals surface area contributed by atoms with Gasteiger partial charge in [-0.1, -0.05) is 0 Å². The van der Waals surface area contributed by atoms with Crippen molar-refractivity contribution in [3.8, 4) is 17.2 Å². The number of rotatable bonds is 5. The Labute approximate surface area is 141 Å². The van der Waals surface area contributed by atoms with Crippen LogP contribution in [0.15, 0.2) is 23.6 Å². The Bertz CT molecular complexity index is 801. The fourth-order valence-corrected chi connectivity index (χ4v) is 2.64. The van der Waals surface area contributed by atoms with Crippen LogP contribution in [0.4, 0.5) is 5.13 Å². The van der Waals surface area contributed by atoms with Crippen molar-refractivity contribution in [2.24, 2.45) is 0 Å². The predicted molar refractivity (Wildman–Crippen MR) is 85.0 cm³/mol. The van der Waals surface area contributed by atoms with Gasteiger partial charge in [-0.15, -0.1) is 11.3 Å². The van der Waals surface area contributed by atoms with Crippen molar-refractivity contribution in [2.75, 3.05) is 12.1 Å². The molecule has 1 aromatic heterocycles. The molecule has 0 saturated heterocycles. The first-order valence-corrected chi connectivity index (χ1v) is 7.82. The zero-order valence-electron chi connectivity index (χ0n) is 12.9. The third-order valence-electron chi connectivity index (χ3n) is 3.21. The maximum Gasteiger partial charge on any atom is 0.355 e. The Hall–Kier alpha value is -2.81. The summed E-state index contributed by atoms with van der Waals surface area (Å²) in [5.74, 6) is 0.0159. The number of carboxylic acid groups (broad SMARTS) is 1. The van der Waals surface area contributed by atoms with Gasteiger partial charge in [0.2, 0.25) is 6.79 Å². The normalized spacial score (nSPS) is 12.8. The molecule has 0 unspecified atom stereocenters. The highest BCUT2D eigenvalue weighted by Crippen LogP contribution is 2.36. The lowest BCUT2D eigenvalue weighted by atomic mass is 10.1. The molecule has 0 bridgehead atoms. The lowest BCUT2D eigenvalue weighted by Gasteiger charge is -2.24. The van der Waals surface area contributed by atoms with E-state index in [0.29, 0.717) is 17.2 Å². The molecule has 2 aromatic rings. The molecule has 24 heavy (non-hydrogen) atoms. The quantitative estimate of drug-likeness (QED) is 0.852. The minimum Gasteiger partial charge on any atom is -0.478 e. The van der Waals surface area contributed by atoms with Crippen molar-refractivity contribution in [3.05, 3.63) is 29.3 Å². The Balaban J connectivity index is 1.69. The standard InChI is InChI=1S/C15H14N2O6S/c1-15(2,13(20)17-14-16-9(6-24-14)12(18)19)23-8-3-4-10-11(5-8)22-7-21-10/h3-6H,7H2,1-2H3,(H,18,19)(H,16,17,20). The average Bonchev–Trinajstić information content (AvgIpc) is 3.15. The molecule has 3 rings (SSSR count). The SMILES string of the molecule is CC(C)(Oc1ccc2c(c1)OCO2)C(=O)Nc1nc(C(=O)O)cs1. The van der Waals surface area contributed by atoms with Crippen molar-refractivity contribution in [1.29, 1.82) is 0 Å². The first kappa shape index (κ1) is 16.1. The molecular formula is C15H14N2O6S. The largest absolute Gasteiger partial charge is 0.478 e. The molecule has 1 aliphatic rings. The van der Waals surface area contributed by atoms with Crippen LogP contribution in [-0.2, 0) is 4.79 Å². The van der Waals surface area contributed by atoms with Gasteiger partial charge >= 0.3 is 5.97 Å². The fourth-order valence-electron chi connectivity index (χ4n) is 1.96. The second-order valence-corrected chi connectivity index (χ2v) is 6.28. The topological polar surface area (TPSA) is 107 Å². The highest BCUT2D eigenvalue weighted by Gasteiger charge is 2.31. The van der Waals surface area contributed by atoms with Crippen LogP contribution >= 0.6 is 11.3 Å². The number of nitrogens with zero attached hydrogens (tertiary/aromatic N) is 1. The fraction of sp³-hybridized carbons (Fsp3) is 0.267. The van der Waals surface area contributed by atoms with Crippen molar-refractivity contribution in [2.45, 2.75) is 19.4 Å². The molecule has 8 nitrogen and oxygen atoms in total. The van der Waals surface area contributed by atoms with Crippen LogP contribution in [0.3, 0.4) is 0 Å². The van der Waals surface area contributed by atoms with E-state index in [1.807, 2.05) is 0 Å². The molecule has 0 radical (unpaired) electrons. The van der Waals surface area contributed by atoms with E-state index < -0.39 is 17.5 Å². The van der Waals surface area contributed by atoms with E-state index in [4.69, 9.17) is 19.3 Å². The van der Waals surface area contributed by atoms with Crippen LogP contribution in [0.5, 0.6) is 17.2 Å². The Morgan fingerprint density at radius 3 is 2.79 bits per heavy atom. The van der Waals surface area contributed by atoms with Gasteiger partial charge in [0.05, 0.1) is 0 Å². The first-order valence-electron chi connectivity index (χ1n) is 6.94. The van der Waals surface area contributed by atoms with Gasteiger partial charge in [0.1, 0.15) is 5.75 Å². The number of nitrogens with one attached hydrogen (secondary N) is 1. The third-order valence-corrected chi connectivity index (χ3v) is 3.97. The molecule has 2 N–H and O–H groups in total. The number of benzene rings is 1. The highest BCUT2D eigenvalue weighted by atomic mass is 32.1. The van der Waals surface area contributed by atoms with E-state index in [1.165, 1.54) is 5.38 Å². The van der Waals surface area contributed by atoms with Gasteiger partial charge in [-0.25, -0.2) is 9.78 Å². The monoisotopic (exact) mass is 350 g/mol. The molecule has 0 fully saturated rings. The molecule has 1 aliphatic heterocycles. The molecule has 0 spiro atoms. The number of anilines is 1. The number of carbonyl (C=O) groups excluding carboxylic acids is 1. The molecule has 2 heterocycles. The van der Waals surface area contributed by atoms with Crippen molar-refractivity contribution in [1.82, 2.24) is 4.98 Å². The van der Waals surface area contributed by atoms with E-state index in [-0.39, 0.29) is 17.6 Å². The third kappa shape index (κ3) is 3.25. The number of fused-ring (bicyclic) bond motifs is 1. The zero-order valence-corrected chi connectivity index (χ0v) is 13.7. The maximum absolute atomic E-state index is 12.4. The maximum atomic E-state index is 12.4. The summed E-state index contributed by atoms with van der Waals surface area (Å²) >= 11 is 1.03. The van der Waals surface area contributed by atoms with Gasteiger partial charge in [-0.3, -0.25) is 10.1 Å². The van der Waals surface area contributed by atoms with Crippen molar-refractivity contribution < 1.29 is 28.9 Å². The van der Waals surface area contributed by atoms with Gasteiger partial charge in [-0.2, -0.15) is 0 Å². The van der Waals surface area contributed by atoms with Gasteiger partial charge in [0.15, 0.2) is 27.9 Å². The summed E-state index contributed by atoms with van der Waals surface area (Å²) in [5.41, 5.74) is -1.33. The van der Waals surface area contributed by atoms with Gasteiger partial charge < -0.3 is 19.3 Å². The second-order valence-electron chi connectivity index (χ2n) is 5.42. The molecule has 0 atom stereocenters. The minimum absolute atomic E-state index is 0.121. The van der Waals surface area contributed by atoms with Gasteiger partial charge in [0, 0.05) is 11.4 Å². The minimum atomic E-state index is -1.21. The highest BCUT2D eigenvalue weighted by molar-refractivity contribution is 7.14. The Morgan fingerprint density at radius 1 is 1.33 bits per heavy atom. The van der Waals surface area contributed by atoms with E-state index >= 15 is 0 Å². The molecule has 0 aliphatic carbocycles. The van der Waals surface area contributed by atoms with Crippen LogP contribution in [0.2, 0.25) is 0 Å². The zero-order chi connectivity index (χ0) is 17.3. The summed E-state index contributed by atoms with van der Waals surface area (Å²) in [7, 11) is 0. The number of ether oxygens (including phenoxy) is 3. The number of hydrogen-bond acceptors (Lipinski definition) is 7. The van der Waals surface area contributed by atoms with Crippen molar-refractivity contribution >= 4 is 28.3 Å². The molecular weight excluding hydrogens is 336 g/mol. The van der Waals surface area contributed by atoms with Crippen LogP contribution in [0.25, 0.3) is 0 Å². The lowest BCUT2D eigenvalue weighted by Crippen LogP contribution is -2.42. The number of carbonyl (C=O) groups is 2. The second kappa shape index (κ2) is 6.00.